The summed E-state index contributed by atoms with van der Waals surface area (Å²) in [6.45, 7) is 8.01. The number of allylic oxidation sites excluding steroid dienone is 2. The van der Waals surface area contributed by atoms with Gasteiger partial charge in [0.15, 0.2) is 0 Å². The number of nitriles is 1. The number of rotatable bonds is 5. The molecule has 3 aromatic heterocycles. The van der Waals surface area contributed by atoms with E-state index < -0.39 is 0 Å². The number of piperazine rings is 1. The largest absolute Gasteiger partial charge is 0.354 e. The zero-order chi connectivity index (χ0) is 26.2. The van der Waals surface area contributed by atoms with Crippen LogP contribution in [0.1, 0.15) is 30.9 Å². The highest BCUT2D eigenvalue weighted by Gasteiger charge is 2.23. The predicted octanol–water partition coefficient (Wildman–Crippen LogP) is 4.68. The van der Waals surface area contributed by atoms with Crippen LogP contribution in [0.5, 0.6) is 0 Å². The molecule has 2 aliphatic heterocycles. The Morgan fingerprint density at radius 3 is 2.61 bits per heavy atom. The van der Waals surface area contributed by atoms with Crippen LogP contribution in [0, 0.1) is 11.3 Å². The summed E-state index contributed by atoms with van der Waals surface area (Å²) in [6, 6.07) is 8.60. The van der Waals surface area contributed by atoms with Gasteiger partial charge >= 0.3 is 0 Å². The number of hydrogen-bond donors (Lipinski definition) is 0. The van der Waals surface area contributed by atoms with Crippen molar-refractivity contribution >= 4 is 16.9 Å². The van der Waals surface area contributed by atoms with E-state index in [2.05, 4.69) is 64.1 Å². The van der Waals surface area contributed by atoms with E-state index in [4.69, 9.17) is 4.98 Å². The maximum atomic E-state index is 14.4. The van der Waals surface area contributed by atoms with Crippen LogP contribution in [0.3, 0.4) is 0 Å². The predicted molar refractivity (Wildman–Crippen MR) is 148 cm³/mol. The summed E-state index contributed by atoms with van der Waals surface area (Å²) in [5.41, 5.74) is 7.71. The fraction of sp³-hybridized carbons (Fsp3) is 0.367. The molecule has 1 aliphatic carbocycles. The van der Waals surface area contributed by atoms with E-state index >= 15 is 0 Å². The van der Waals surface area contributed by atoms with E-state index in [0.29, 0.717) is 12.1 Å². The number of hydrogen-bond acceptors (Lipinski definition) is 6. The summed E-state index contributed by atoms with van der Waals surface area (Å²) in [4.78, 5) is 11.7. The molecule has 0 saturated carbocycles. The van der Waals surface area contributed by atoms with Gasteiger partial charge in [0.1, 0.15) is 17.7 Å². The molecule has 38 heavy (non-hydrogen) atoms. The Morgan fingerprint density at radius 1 is 1.08 bits per heavy atom. The fourth-order valence-electron chi connectivity index (χ4n) is 5.69. The lowest BCUT2D eigenvalue weighted by Crippen LogP contribution is -2.47. The van der Waals surface area contributed by atoms with Crippen molar-refractivity contribution in [3.05, 3.63) is 77.0 Å². The van der Waals surface area contributed by atoms with Crippen molar-refractivity contribution in [2.45, 2.75) is 19.8 Å². The van der Waals surface area contributed by atoms with Crippen LogP contribution in [-0.4, -0.2) is 77.3 Å². The van der Waals surface area contributed by atoms with E-state index in [0.717, 1.165) is 85.7 Å². The second-order valence-electron chi connectivity index (χ2n) is 10.5. The third kappa shape index (κ3) is 4.64. The molecule has 7 nitrogen and oxygen atoms in total. The van der Waals surface area contributed by atoms with E-state index in [1.807, 2.05) is 16.9 Å². The third-order valence-electron chi connectivity index (χ3n) is 7.98. The van der Waals surface area contributed by atoms with Crippen molar-refractivity contribution in [1.29, 1.82) is 5.26 Å². The molecule has 3 aromatic rings. The molecule has 0 unspecified atom stereocenters. The van der Waals surface area contributed by atoms with E-state index in [9.17, 15) is 9.65 Å². The van der Waals surface area contributed by atoms with Gasteiger partial charge in [0, 0.05) is 74.9 Å². The van der Waals surface area contributed by atoms with Gasteiger partial charge in [-0.2, -0.15) is 10.4 Å². The Balaban J connectivity index is 1.21. The quantitative estimate of drug-likeness (QED) is 0.498. The first-order chi connectivity index (χ1) is 18.5. The van der Waals surface area contributed by atoms with Gasteiger partial charge in [-0.25, -0.2) is 13.9 Å². The first kappa shape index (κ1) is 24.5. The zero-order valence-electron chi connectivity index (χ0n) is 22.0. The van der Waals surface area contributed by atoms with Gasteiger partial charge in [0.25, 0.3) is 0 Å². The third-order valence-corrected chi connectivity index (χ3v) is 7.98. The molecule has 1 fully saturated rings. The molecule has 0 atom stereocenters. The van der Waals surface area contributed by atoms with Crippen molar-refractivity contribution in [2.24, 2.45) is 0 Å². The lowest BCUT2D eigenvalue weighted by atomic mass is 9.97. The van der Waals surface area contributed by atoms with Crippen LogP contribution in [-0.2, 0) is 0 Å². The first-order valence-corrected chi connectivity index (χ1v) is 13.3. The average molecular weight is 510 g/mol. The van der Waals surface area contributed by atoms with E-state index in [1.54, 1.807) is 12.3 Å². The lowest BCUT2D eigenvalue weighted by molar-refractivity contribution is 0.275. The Bertz CT molecular complexity index is 1500. The van der Waals surface area contributed by atoms with Gasteiger partial charge in [-0.1, -0.05) is 11.6 Å². The molecule has 6 rings (SSSR count). The highest BCUT2D eigenvalue weighted by atomic mass is 19.1. The second-order valence-corrected chi connectivity index (χ2v) is 10.5. The maximum absolute atomic E-state index is 14.4. The molecular weight excluding hydrogens is 477 g/mol. The Kier molecular flexibility index (Phi) is 6.56. The molecule has 1 saturated heterocycles. The lowest BCUT2D eigenvalue weighted by Gasteiger charge is -2.36. The van der Waals surface area contributed by atoms with Crippen molar-refractivity contribution in [3.8, 4) is 17.2 Å². The van der Waals surface area contributed by atoms with Gasteiger partial charge in [0.2, 0.25) is 0 Å². The van der Waals surface area contributed by atoms with Crippen LogP contribution in [0.2, 0.25) is 0 Å². The van der Waals surface area contributed by atoms with Crippen molar-refractivity contribution in [2.75, 3.05) is 57.8 Å². The van der Waals surface area contributed by atoms with Gasteiger partial charge in [-0.05, 0) is 62.2 Å². The van der Waals surface area contributed by atoms with Crippen LogP contribution in [0.4, 0.5) is 10.2 Å². The van der Waals surface area contributed by atoms with E-state index in [1.165, 1.54) is 11.1 Å². The monoisotopic (exact) mass is 509 g/mol. The minimum absolute atomic E-state index is 0.0411. The molecule has 0 spiro atoms. The standard InChI is InChI=1S/C30H32FN7/c1-21-4-3-5-28(31)27(21)20-36-10-12-37(13-11-36)29-7-6-22(16-33-29)26-14-24(23-8-9-35(2)18-23)19-38-30(26)25(15-32)17-34-38/h5-8,14,16-17,19H,3-4,9-13,18,20H2,1-2H3. The highest BCUT2D eigenvalue weighted by molar-refractivity contribution is 5.87. The van der Waals surface area contributed by atoms with Crippen molar-refractivity contribution in [3.63, 3.8) is 0 Å². The molecule has 0 radical (unpaired) electrons. The number of halogens is 1. The summed E-state index contributed by atoms with van der Waals surface area (Å²) in [7, 11) is 2.11. The molecule has 0 aromatic carbocycles. The average Bonchev–Trinajstić information content (AvgIpc) is 3.57. The van der Waals surface area contributed by atoms with Crippen LogP contribution < -0.4 is 4.90 Å². The number of fused-ring (bicyclic) bond motifs is 1. The smallest absolute Gasteiger partial charge is 0.128 e. The molecule has 0 amide bonds. The maximum Gasteiger partial charge on any atom is 0.128 e. The van der Waals surface area contributed by atoms with Crippen LogP contribution >= 0.6 is 0 Å². The second kappa shape index (κ2) is 10.2. The normalized spacial score (nSPS) is 19.2. The number of anilines is 1. The van der Waals surface area contributed by atoms with Gasteiger partial charge in [-0.15, -0.1) is 0 Å². The summed E-state index contributed by atoms with van der Waals surface area (Å²) in [5, 5.41) is 14.2. The van der Waals surface area contributed by atoms with E-state index in [-0.39, 0.29) is 5.83 Å². The number of likely N-dealkylation sites (N-methyl/N-ethyl adjacent to an activating group) is 1. The summed E-state index contributed by atoms with van der Waals surface area (Å²) in [5.74, 6) is 0.898. The zero-order valence-corrected chi connectivity index (χ0v) is 22.0. The topological polar surface area (TPSA) is 63.7 Å². The molecule has 0 N–H and O–H groups in total. The van der Waals surface area contributed by atoms with Gasteiger partial charge in [0.05, 0.1) is 17.3 Å². The SMILES string of the molecule is CC1=C(CN2CCN(c3ccc(-c4cc(C5=CCN(C)C5)cn5ncc(C#N)c45)cn3)CC2)C(F)=CCC1. The van der Waals surface area contributed by atoms with Crippen molar-refractivity contribution in [1.82, 2.24) is 24.4 Å². The Labute approximate surface area is 222 Å². The van der Waals surface area contributed by atoms with Gasteiger partial charge < -0.3 is 4.90 Å². The van der Waals surface area contributed by atoms with Crippen LogP contribution in [0.25, 0.3) is 22.2 Å². The molecular formula is C30H32FN7. The Hall–Kier alpha value is -3.80. The summed E-state index contributed by atoms with van der Waals surface area (Å²) in [6.07, 6.45) is 11.3. The summed E-state index contributed by atoms with van der Waals surface area (Å²) >= 11 is 0. The molecule has 3 aliphatic rings. The first-order valence-electron chi connectivity index (χ1n) is 13.3. The number of aromatic nitrogens is 3. The van der Waals surface area contributed by atoms with Crippen LogP contribution in [0.15, 0.2) is 65.9 Å². The van der Waals surface area contributed by atoms with Crippen molar-refractivity contribution < 1.29 is 4.39 Å². The molecule has 5 heterocycles. The highest BCUT2D eigenvalue weighted by Crippen LogP contribution is 2.32. The molecule has 194 valence electrons. The molecule has 0 bridgehead atoms. The number of pyridine rings is 2. The Morgan fingerprint density at radius 2 is 1.92 bits per heavy atom. The minimum atomic E-state index is -0.0411. The van der Waals surface area contributed by atoms with Gasteiger partial charge in [-0.3, -0.25) is 9.80 Å². The fourth-order valence-corrected chi connectivity index (χ4v) is 5.69. The number of nitrogens with zero attached hydrogens (tertiary/aromatic N) is 7. The minimum Gasteiger partial charge on any atom is -0.354 e. The summed E-state index contributed by atoms with van der Waals surface area (Å²) < 4.78 is 16.2. The molecule has 8 heteroatoms.